The van der Waals surface area contributed by atoms with Gasteiger partial charge in [-0.3, -0.25) is 4.79 Å². The second kappa shape index (κ2) is 6.91. The van der Waals surface area contributed by atoms with E-state index in [9.17, 15) is 9.90 Å². The lowest BCUT2D eigenvalue weighted by molar-refractivity contribution is -0.124. The summed E-state index contributed by atoms with van der Waals surface area (Å²) in [5, 5.41) is 12.7. The molecule has 1 aromatic rings. The van der Waals surface area contributed by atoms with E-state index in [4.69, 9.17) is 9.47 Å². The smallest absolute Gasteiger partial charge is 0.258 e. The molecule has 0 bridgehead atoms. The highest BCUT2D eigenvalue weighted by atomic mass is 16.5. The molecule has 2 rings (SSSR count). The molecule has 0 saturated carbocycles. The summed E-state index contributed by atoms with van der Waals surface area (Å²) in [7, 11) is 0. The number of rotatable bonds is 6. The highest BCUT2D eigenvalue weighted by Gasteiger charge is 2.32. The Morgan fingerprint density at radius 2 is 2.14 bits per heavy atom. The van der Waals surface area contributed by atoms with Crippen molar-refractivity contribution in [3.63, 3.8) is 0 Å². The third kappa shape index (κ3) is 4.72. The monoisotopic (exact) mass is 293 g/mol. The van der Waals surface area contributed by atoms with E-state index in [1.807, 2.05) is 24.3 Å². The lowest BCUT2D eigenvalue weighted by Crippen LogP contribution is -2.44. The van der Waals surface area contributed by atoms with Gasteiger partial charge in [0.2, 0.25) is 0 Å². The summed E-state index contributed by atoms with van der Waals surface area (Å²) in [4.78, 5) is 11.7. The Labute approximate surface area is 125 Å². The maximum atomic E-state index is 11.7. The van der Waals surface area contributed by atoms with Crippen LogP contribution in [-0.2, 0) is 9.53 Å². The lowest BCUT2D eigenvalue weighted by Gasteiger charge is -2.20. The largest absolute Gasteiger partial charge is 0.484 e. The van der Waals surface area contributed by atoms with Gasteiger partial charge in [-0.15, -0.1) is 0 Å². The zero-order chi connectivity index (χ0) is 15.3. The van der Waals surface area contributed by atoms with E-state index in [0.29, 0.717) is 24.7 Å². The molecule has 1 atom stereocenters. The van der Waals surface area contributed by atoms with Crippen molar-refractivity contribution in [2.24, 2.45) is 0 Å². The minimum atomic E-state index is -0.936. The summed E-state index contributed by atoms with van der Waals surface area (Å²) in [5.74, 6) is 0.887. The number of amides is 1. The van der Waals surface area contributed by atoms with Crippen LogP contribution in [0.4, 0.5) is 0 Å². The van der Waals surface area contributed by atoms with Crippen LogP contribution in [0.5, 0.6) is 5.75 Å². The zero-order valence-electron chi connectivity index (χ0n) is 12.6. The quantitative estimate of drug-likeness (QED) is 0.833. The molecule has 116 valence electrons. The van der Waals surface area contributed by atoms with Gasteiger partial charge in [0, 0.05) is 19.6 Å². The van der Waals surface area contributed by atoms with Gasteiger partial charge in [-0.2, -0.15) is 0 Å². The van der Waals surface area contributed by atoms with Crippen molar-refractivity contribution >= 4 is 5.91 Å². The first kappa shape index (κ1) is 15.8. The van der Waals surface area contributed by atoms with Gasteiger partial charge < -0.3 is 19.9 Å². The van der Waals surface area contributed by atoms with Crippen LogP contribution in [0.1, 0.15) is 31.7 Å². The van der Waals surface area contributed by atoms with Crippen LogP contribution in [0.3, 0.4) is 0 Å². The molecule has 5 nitrogen and oxygen atoms in total. The first-order chi connectivity index (χ1) is 9.98. The Hall–Kier alpha value is -1.59. The molecule has 1 fully saturated rings. The average Bonchev–Trinajstić information content (AvgIpc) is 2.91. The maximum absolute atomic E-state index is 11.7. The van der Waals surface area contributed by atoms with Crippen molar-refractivity contribution in [3.05, 3.63) is 29.8 Å². The average molecular weight is 293 g/mol. The number of ether oxygens (including phenoxy) is 2. The molecule has 1 aliphatic rings. The molecule has 1 aliphatic heterocycles. The van der Waals surface area contributed by atoms with Crippen molar-refractivity contribution in [2.45, 2.75) is 31.8 Å². The minimum absolute atomic E-state index is 0.0576. The number of benzene rings is 1. The van der Waals surface area contributed by atoms with Gasteiger partial charge in [0.1, 0.15) is 11.4 Å². The van der Waals surface area contributed by atoms with E-state index in [0.717, 1.165) is 0 Å². The molecule has 0 radical (unpaired) electrons. The van der Waals surface area contributed by atoms with Crippen LogP contribution in [0.25, 0.3) is 0 Å². The minimum Gasteiger partial charge on any atom is -0.484 e. The standard InChI is InChI=1S/C16H23NO4/c1-12(2)13-3-5-14(6-4-13)21-9-15(18)17-10-16(19)7-8-20-11-16/h3-6,12,19H,7-11H2,1-2H3,(H,17,18). The molecule has 0 aliphatic carbocycles. The van der Waals surface area contributed by atoms with Crippen molar-refractivity contribution in [2.75, 3.05) is 26.4 Å². The normalized spacial score (nSPS) is 21.5. The molecule has 0 spiro atoms. The van der Waals surface area contributed by atoms with Crippen LogP contribution in [0.2, 0.25) is 0 Å². The molecule has 1 unspecified atom stereocenters. The highest BCUT2D eigenvalue weighted by molar-refractivity contribution is 5.77. The maximum Gasteiger partial charge on any atom is 0.258 e. The lowest BCUT2D eigenvalue weighted by atomic mass is 10.0. The van der Waals surface area contributed by atoms with Gasteiger partial charge in [0.15, 0.2) is 6.61 Å². The molecule has 1 heterocycles. The summed E-state index contributed by atoms with van der Waals surface area (Å²) in [6, 6.07) is 7.72. The Morgan fingerprint density at radius 3 is 2.71 bits per heavy atom. The van der Waals surface area contributed by atoms with Crippen molar-refractivity contribution in [1.29, 1.82) is 0 Å². The summed E-state index contributed by atoms with van der Waals surface area (Å²) < 4.78 is 10.5. The number of carbonyl (C=O) groups excluding carboxylic acids is 1. The van der Waals surface area contributed by atoms with E-state index < -0.39 is 5.60 Å². The zero-order valence-corrected chi connectivity index (χ0v) is 12.6. The second-order valence-electron chi connectivity index (χ2n) is 5.82. The molecular weight excluding hydrogens is 270 g/mol. The van der Waals surface area contributed by atoms with Crippen LogP contribution in [-0.4, -0.2) is 43.0 Å². The van der Waals surface area contributed by atoms with E-state index in [-0.39, 0.29) is 25.7 Å². The Bertz CT molecular complexity index is 464. The van der Waals surface area contributed by atoms with Gasteiger partial charge in [0.05, 0.1) is 6.61 Å². The van der Waals surface area contributed by atoms with E-state index >= 15 is 0 Å². The molecule has 1 amide bonds. The van der Waals surface area contributed by atoms with E-state index in [1.165, 1.54) is 5.56 Å². The van der Waals surface area contributed by atoms with E-state index in [1.54, 1.807) is 0 Å². The Kier molecular flexibility index (Phi) is 5.20. The Balaban J connectivity index is 1.73. The number of hydrogen-bond acceptors (Lipinski definition) is 4. The topological polar surface area (TPSA) is 67.8 Å². The van der Waals surface area contributed by atoms with Gasteiger partial charge >= 0.3 is 0 Å². The molecular formula is C16H23NO4. The fourth-order valence-electron chi connectivity index (χ4n) is 2.15. The molecule has 0 aromatic heterocycles. The fraction of sp³-hybridized carbons (Fsp3) is 0.562. The fourth-order valence-corrected chi connectivity index (χ4v) is 2.15. The third-order valence-electron chi connectivity index (χ3n) is 3.61. The second-order valence-corrected chi connectivity index (χ2v) is 5.82. The first-order valence-electron chi connectivity index (χ1n) is 7.28. The van der Waals surface area contributed by atoms with Crippen molar-refractivity contribution in [1.82, 2.24) is 5.32 Å². The van der Waals surface area contributed by atoms with Crippen LogP contribution in [0, 0.1) is 0 Å². The highest BCUT2D eigenvalue weighted by Crippen LogP contribution is 2.19. The summed E-state index contributed by atoms with van der Waals surface area (Å²) in [5.41, 5.74) is 0.296. The number of carbonyl (C=O) groups is 1. The van der Waals surface area contributed by atoms with Gasteiger partial charge in [-0.05, 0) is 23.6 Å². The van der Waals surface area contributed by atoms with Crippen molar-refractivity contribution in [3.8, 4) is 5.75 Å². The predicted molar refractivity (Wildman–Crippen MR) is 79.4 cm³/mol. The summed E-state index contributed by atoms with van der Waals surface area (Å²) >= 11 is 0. The number of nitrogens with one attached hydrogen (secondary N) is 1. The predicted octanol–water partition coefficient (Wildman–Crippen LogP) is 1.46. The van der Waals surface area contributed by atoms with E-state index in [2.05, 4.69) is 19.2 Å². The van der Waals surface area contributed by atoms with Crippen molar-refractivity contribution < 1.29 is 19.4 Å². The first-order valence-corrected chi connectivity index (χ1v) is 7.28. The van der Waals surface area contributed by atoms with Crippen LogP contribution < -0.4 is 10.1 Å². The van der Waals surface area contributed by atoms with Gasteiger partial charge in [-0.1, -0.05) is 26.0 Å². The molecule has 2 N–H and O–H groups in total. The molecule has 1 saturated heterocycles. The molecule has 5 heteroatoms. The summed E-state index contributed by atoms with van der Waals surface area (Å²) in [6.07, 6.45) is 0.546. The SMILES string of the molecule is CC(C)c1ccc(OCC(=O)NCC2(O)CCOC2)cc1. The number of aliphatic hydroxyl groups is 1. The summed E-state index contributed by atoms with van der Waals surface area (Å²) in [6.45, 7) is 5.19. The van der Waals surface area contributed by atoms with Gasteiger partial charge in [0.25, 0.3) is 5.91 Å². The van der Waals surface area contributed by atoms with Crippen LogP contribution >= 0.6 is 0 Å². The third-order valence-corrected chi connectivity index (χ3v) is 3.61. The van der Waals surface area contributed by atoms with Gasteiger partial charge in [-0.25, -0.2) is 0 Å². The Morgan fingerprint density at radius 1 is 1.43 bits per heavy atom. The molecule has 1 aromatic carbocycles. The van der Waals surface area contributed by atoms with Crippen LogP contribution in [0.15, 0.2) is 24.3 Å². The molecule has 21 heavy (non-hydrogen) atoms. The number of hydrogen-bond donors (Lipinski definition) is 2.